The van der Waals surface area contributed by atoms with E-state index in [9.17, 15) is 0 Å². The molecule has 0 saturated carbocycles. The van der Waals surface area contributed by atoms with E-state index in [1.807, 2.05) is 24.3 Å². The fourth-order valence-electron chi connectivity index (χ4n) is 1.99. The van der Waals surface area contributed by atoms with Crippen molar-refractivity contribution in [3.8, 4) is 6.07 Å². The molecular weight excluding hydrogens is 226 g/mol. The minimum Gasteiger partial charge on any atom is -0.438 e. The molecule has 1 heterocycles. The Morgan fingerprint density at radius 2 is 2.00 bits per heavy atom. The van der Waals surface area contributed by atoms with Crippen molar-refractivity contribution >= 4 is 16.7 Å². The molecule has 2 aromatic rings. The summed E-state index contributed by atoms with van der Waals surface area (Å²) in [4.78, 5) is 2.21. The summed E-state index contributed by atoms with van der Waals surface area (Å²) in [5.41, 5.74) is 1.89. The molecule has 0 unspecified atom stereocenters. The summed E-state index contributed by atoms with van der Waals surface area (Å²) >= 11 is 0. The first kappa shape index (κ1) is 12.2. The summed E-state index contributed by atoms with van der Waals surface area (Å²) in [5.74, 6) is 0. The van der Waals surface area contributed by atoms with Gasteiger partial charge in [0.1, 0.15) is 17.2 Å². The first-order chi connectivity index (χ1) is 8.69. The molecule has 1 N–H and O–H groups in total. The zero-order valence-electron chi connectivity index (χ0n) is 10.5. The van der Waals surface area contributed by atoms with Crippen LogP contribution in [0.4, 0.5) is 5.69 Å². The molecule has 92 valence electrons. The molecule has 1 aromatic heterocycles. The van der Waals surface area contributed by atoms with E-state index in [4.69, 9.17) is 15.1 Å². The molecule has 0 aliphatic rings. The molecule has 18 heavy (non-hydrogen) atoms. The Kier molecular flexibility index (Phi) is 3.33. The Hall–Kier alpha value is -2.28. The Labute approximate surface area is 106 Å². The van der Waals surface area contributed by atoms with Gasteiger partial charge in [-0.2, -0.15) is 5.26 Å². The molecule has 0 radical (unpaired) electrons. The smallest absolute Gasteiger partial charge is 0.229 e. The van der Waals surface area contributed by atoms with Crippen LogP contribution in [0.3, 0.4) is 0 Å². The van der Waals surface area contributed by atoms with Gasteiger partial charge < -0.3 is 9.32 Å². The SMILES string of the molecule is CCN(CC)c1ccc2cc(C#N)c(=N)oc2c1. The van der Waals surface area contributed by atoms with Crippen LogP contribution in [0, 0.1) is 16.7 Å². The van der Waals surface area contributed by atoms with E-state index in [0.717, 1.165) is 24.2 Å². The lowest BCUT2D eigenvalue weighted by atomic mass is 10.1. The zero-order valence-corrected chi connectivity index (χ0v) is 10.5. The van der Waals surface area contributed by atoms with Gasteiger partial charge in [-0.15, -0.1) is 0 Å². The number of hydrogen-bond donors (Lipinski definition) is 1. The summed E-state index contributed by atoms with van der Waals surface area (Å²) in [7, 11) is 0. The second-order valence-electron chi connectivity index (χ2n) is 4.00. The second kappa shape index (κ2) is 4.92. The third-order valence-electron chi connectivity index (χ3n) is 3.00. The molecule has 2 rings (SSSR count). The highest BCUT2D eigenvalue weighted by Crippen LogP contribution is 2.21. The van der Waals surface area contributed by atoms with Crippen LogP contribution in [-0.4, -0.2) is 13.1 Å². The molecule has 0 saturated heterocycles. The molecule has 0 bridgehead atoms. The topological polar surface area (TPSA) is 64.0 Å². The van der Waals surface area contributed by atoms with Crippen molar-refractivity contribution in [3.05, 3.63) is 35.4 Å². The maximum atomic E-state index is 8.86. The van der Waals surface area contributed by atoms with Gasteiger partial charge in [0.2, 0.25) is 5.55 Å². The van der Waals surface area contributed by atoms with E-state index >= 15 is 0 Å². The largest absolute Gasteiger partial charge is 0.438 e. The first-order valence-corrected chi connectivity index (χ1v) is 5.97. The van der Waals surface area contributed by atoms with E-state index in [-0.39, 0.29) is 11.1 Å². The fraction of sp³-hybridized carbons (Fsp3) is 0.286. The number of anilines is 1. The zero-order chi connectivity index (χ0) is 13.1. The van der Waals surface area contributed by atoms with Crippen molar-refractivity contribution in [1.82, 2.24) is 0 Å². The van der Waals surface area contributed by atoms with Crippen molar-refractivity contribution in [2.45, 2.75) is 13.8 Å². The van der Waals surface area contributed by atoms with Crippen molar-refractivity contribution < 1.29 is 4.42 Å². The molecule has 0 fully saturated rings. The quantitative estimate of drug-likeness (QED) is 0.898. The number of nitrogens with zero attached hydrogens (tertiary/aromatic N) is 2. The predicted molar refractivity (Wildman–Crippen MR) is 70.3 cm³/mol. The minimum absolute atomic E-state index is 0.0818. The van der Waals surface area contributed by atoms with Crippen LogP contribution in [0.2, 0.25) is 0 Å². The number of rotatable bonds is 3. The predicted octanol–water partition coefficient (Wildman–Crippen LogP) is 2.63. The average molecular weight is 241 g/mol. The van der Waals surface area contributed by atoms with Crippen molar-refractivity contribution in [2.75, 3.05) is 18.0 Å². The van der Waals surface area contributed by atoms with Gasteiger partial charge in [0.15, 0.2) is 0 Å². The Morgan fingerprint density at radius 3 is 2.61 bits per heavy atom. The van der Waals surface area contributed by atoms with Crippen molar-refractivity contribution in [3.63, 3.8) is 0 Å². The van der Waals surface area contributed by atoms with E-state index in [0.29, 0.717) is 5.58 Å². The summed E-state index contributed by atoms with van der Waals surface area (Å²) in [6, 6.07) is 9.49. The molecule has 4 heteroatoms. The number of nitriles is 1. The van der Waals surface area contributed by atoms with E-state index < -0.39 is 0 Å². The minimum atomic E-state index is -0.0818. The highest BCUT2D eigenvalue weighted by Gasteiger charge is 2.06. The maximum Gasteiger partial charge on any atom is 0.229 e. The summed E-state index contributed by atoms with van der Waals surface area (Å²) < 4.78 is 5.38. The van der Waals surface area contributed by atoms with Gasteiger partial charge in [0.25, 0.3) is 0 Å². The van der Waals surface area contributed by atoms with Gasteiger partial charge in [-0.25, -0.2) is 0 Å². The van der Waals surface area contributed by atoms with Gasteiger partial charge in [-0.1, -0.05) is 0 Å². The van der Waals surface area contributed by atoms with Gasteiger partial charge >= 0.3 is 0 Å². The molecule has 0 aliphatic carbocycles. The van der Waals surface area contributed by atoms with Crippen LogP contribution in [0.15, 0.2) is 28.7 Å². The fourth-order valence-corrected chi connectivity index (χ4v) is 1.99. The molecule has 0 amide bonds. The maximum absolute atomic E-state index is 8.86. The van der Waals surface area contributed by atoms with Crippen LogP contribution in [0.1, 0.15) is 19.4 Å². The van der Waals surface area contributed by atoms with Crippen molar-refractivity contribution in [1.29, 1.82) is 10.7 Å². The van der Waals surface area contributed by atoms with Crippen LogP contribution in [-0.2, 0) is 0 Å². The summed E-state index contributed by atoms with van der Waals surface area (Å²) in [6.45, 7) is 6.04. The lowest BCUT2D eigenvalue weighted by Gasteiger charge is -2.20. The van der Waals surface area contributed by atoms with Gasteiger partial charge in [0, 0.05) is 30.2 Å². The van der Waals surface area contributed by atoms with Crippen LogP contribution in [0.5, 0.6) is 0 Å². The third kappa shape index (κ3) is 2.07. The standard InChI is InChI=1S/C14H15N3O/c1-3-17(4-2)12-6-5-10-7-11(9-15)14(16)18-13(10)8-12/h5-8,16H,3-4H2,1-2H3. The van der Waals surface area contributed by atoms with Crippen LogP contribution < -0.4 is 10.5 Å². The van der Waals surface area contributed by atoms with E-state index in [1.54, 1.807) is 6.07 Å². The highest BCUT2D eigenvalue weighted by atomic mass is 16.3. The van der Waals surface area contributed by atoms with Crippen LogP contribution >= 0.6 is 0 Å². The summed E-state index contributed by atoms with van der Waals surface area (Å²) in [5, 5.41) is 17.3. The number of nitrogens with one attached hydrogen (secondary N) is 1. The van der Waals surface area contributed by atoms with E-state index in [1.165, 1.54) is 0 Å². The normalized spacial score (nSPS) is 10.3. The van der Waals surface area contributed by atoms with E-state index in [2.05, 4.69) is 18.7 Å². The number of fused-ring (bicyclic) bond motifs is 1. The Morgan fingerprint density at radius 1 is 1.28 bits per heavy atom. The number of benzene rings is 1. The monoisotopic (exact) mass is 241 g/mol. The van der Waals surface area contributed by atoms with Crippen molar-refractivity contribution in [2.24, 2.45) is 0 Å². The lowest BCUT2D eigenvalue weighted by Crippen LogP contribution is -2.21. The molecule has 1 aromatic carbocycles. The number of hydrogen-bond acceptors (Lipinski definition) is 4. The Balaban J connectivity index is 2.59. The summed E-state index contributed by atoms with van der Waals surface area (Å²) in [6.07, 6.45) is 0. The average Bonchev–Trinajstić information content (AvgIpc) is 2.39. The molecular formula is C14H15N3O. The third-order valence-corrected chi connectivity index (χ3v) is 3.00. The molecule has 0 spiro atoms. The van der Waals surface area contributed by atoms with Crippen LogP contribution in [0.25, 0.3) is 11.0 Å². The lowest BCUT2D eigenvalue weighted by molar-refractivity contribution is 0.530. The van der Waals surface area contributed by atoms with Gasteiger partial charge in [-0.3, -0.25) is 5.41 Å². The Bertz CT molecular complexity index is 663. The second-order valence-corrected chi connectivity index (χ2v) is 4.00. The van der Waals surface area contributed by atoms with Gasteiger partial charge in [0.05, 0.1) is 0 Å². The highest BCUT2D eigenvalue weighted by molar-refractivity contribution is 5.81. The molecule has 4 nitrogen and oxygen atoms in total. The van der Waals surface area contributed by atoms with Gasteiger partial charge in [-0.05, 0) is 32.0 Å². The molecule has 0 aliphatic heterocycles. The molecule has 0 atom stereocenters. The first-order valence-electron chi connectivity index (χ1n) is 5.97.